The van der Waals surface area contributed by atoms with Crippen LogP contribution in [0.1, 0.15) is 18.4 Å². The Kier molecular flexibility index (Phi) is 4.65. The molecule has 0 radical (unpaired) electrons. The van der Waals surface area contributed by atoms with E-state index in [1.807, 2.05) is 4.90 Å². The van der Waals surface area contributed by atoms with E-state index in [0.29, 0.717) is 43.8 Å². The highest BCUT2D eigenvalue weighted by atomic mass is 19.4. The number of alkyl halides is 3. The minimum absolute atomic E-state index is 0.319. The second-order valence-corrected chi connectivity index (χ2v) is 6.54. The SMILES string of the molecule is FC(F)(F)c1cccc(Nc2ccnc(N3CCC4(CC3)OCCO4)n2)c1. The molecule has 1 aromatic carbocycles. The van der Waals surface area contributed by atoms with E-state index in [2.05, 4.69) is 15.3 Å². The molecule has 0 amide bonds. The summed E-state index contributed by atoms with van der Waals surface area (Å²) in [5.41, 5.74) is -0.389. The van der Waals surface area contributed by atoms with Gasteiger partial charge in [-0.05, 0) is 24.3 Å². The van der Waals surface area contributed by atoms with Crippen molar-refractivity contribution in [2.75, 3.05) is 36.5 Å². The molecule has 0 unspecified atom stereocenters. The number of piperidine rings is 1. The van der Waals surface area contributed by atoms with Crippen LogP contribution in [0.15, 0.2) is 36.5 Å². The molecule has 2 aliphatic heterocycles. The molecule has 2 aromatic rings. The lowest BCUT2D eigenvalue weighted by molar-refractivity contribution is -0.169. The molecule has 1 spiro atoms. The first-order valence-electron chi connectivity index (χ1n) is 8.74. The van der Waals surface area contributed by atoms with E-state index < -0.39 is 17.5 Å². The number of nitrogens with one attached hydrogen (secondary N) is 1. The largest absolute Gasteiger partial charge is 0.416 e. The van der Waals surface area contributed by atoms with Gasteiger partial charge in [0.15, 0.2) is 5.79 Å². The quantitative estimate of drug-likeness (QED) is 0.878. The maximum atomic E-state index is 12.9. The van der Waals surface area contributed by atoms with Crippen molar-refractivity contribution in [1.82, 2.24) is 9.97 Å². The van der Waals surface area contributed by atoms with Crippen LogP contribution < -0.4 is 10.2 Å². The minimum atomic E-state index is -4.39. The van der Waals surface area contributed by atoms with Crippen molar-refractivity contribution in [3.05, 3.63) is 42.1 Å². The third-order valence-electron chi connectivity index (χ3n) is 4.73. The maximum Gasteiger partial charge on any atom is 0.416 e. The molecule has 3 heterocycles. The van der Waals surface area contributed by atoms with Crippen LogP contribution in [0.5, 0.6) is 0 Å². The normalized spacial score (nSPS) is 19.4. The van der Waals surface area contributed by atoms with Crippen LogP contribution in [0.2, 0.25) is 0 Å². The Balaban J connectivity index is 1.45. The van der Waals surface area contributed by atoms with Crippen molar-refractivity contribution in [3.8, 4) is 0 Å². The van der Waals surface area contributed by atoms with Gasteiger partial charge < -0.3 is 19.7 Å². The lowest BCUT2D eigenvalue weighted by atomic mass is 10.0. The number of aromatic nitrogens is 2. The predicted octanol–water partition coefficient (Wildman–Crippen LogP) is 3.58. The summed E-state index contributed by atoms with van der Waals surface area (Å²) in [6.07, 6.45) is -1.35. The molecular weight excluding hydrogens is 361 g/mol. The van der Waals surface area contributed by atoms with Gasteiger partial charge in [0.25, 0.3) is 0 Å². The van der Waals surface area contributed by atoms with E-state index in [-0.39, 0.29) is 0 Å². The molecule has 9 heteroatoms. The standard InChI is InChI=1S/C18H19F3N4O2/c19-18(20,21)13-2-1-3-14(12-13)23-15-4-7-22-16(24-15)25-8-5-17(6-9-25)26-10-11-27-17/h1-4,7,12H,5-6,8-11H2,(H,22,23,24). The molecule has 6 nitrogen and oxygen atoms in total. The number of rotatable bonds is 3. The number of halogens is 3. The monoisotopic (exact) mass is 380 g/mol. The summed E-state index contributed by atoms with van der Waals surface area (Å²) in [5.74, 6) is 0.484. The molecule has 4 rings (SSSR count). The van der Waals surface area contributed by atoms with Crippen LogP contribution in [0, 0.1) is 0 Å². The summed E-state index contributed by atoms with van der Waals surface area (Å²) in [7, 11) is 0. The number of benzene rings is 1. The summed E-state index contributed by atoms with van der Waals surface area (Å²) >= 11 is 0. The highest BCUT2D eigenvalue weighted by molar-refractivity contribution is 5.58. The fourth-order valence-corrected chi connectivity index (χ4v) is 3.32. The van der Waals surface area contributed by atoms with Crippen LogP contribution in [0.4, 0.5) is 30.6 Å². The summed E-state index contributed by atoms with van der Waals surface area (Å²) in [6.45, 7) is 2.61. The van der Waals surface area contributed by atoms with Crippen LogP contribution in [0.3, 0.4) is 0 Å². The van der Waals surface area contributed by atoms with Crippen molar-refractivity contribution < 1.29 is 22.6 Å². The van der Waals surface area contributed by atoms with Gasteiger partial charge in [0, 0.05) is 37.8 Å². The van der Waals surface area contributed by atoms with Crippen LogP contribution in [-0.4, -0.2) is 42.1 Å². The van der Waals surface area contributed by atoms with Crippen LogP contribution in [-0.2, 0) is 15.7 Å². The Bertz CT molecular complexity index is 799. The number of hydrogen-bond acceptors (Lipinski definition) is 6. The second-order valence-electron chi connectivity index (χ2n) is 6.54. The maximum absolute atomic E-state index is 12.9. The van der Waals surface area contributed by atoms with Crippen LogP contribution in [0.25, 0.3) is 0 Å². The fraction of sp³-hybridized carbons (Fsp3) is 0.444. The third-order valence-corrected chi connectivity index (χ3v) is 4.73. The van der Waals surface area contributed by atoms with Gasteiger partial charge in [0.2, 0.25) is 5.95 Å². The molecular formula is C18H19F3N4O2. The molecule has 1 aromatic heterocycles. The van der Waals surface area contributed by atoms with E-state index >= 15 is 0 Å². The molecule has 2 aliphatic rings. The minimum Gasteiger partial charge on any atom is -0.347 e. The van der Waals surface area contributed by atoms with Crippen molar-refractivity contribution in [1.29, 1.82) is 0 Å². The molecule has 27 heavy (non-hydrogen) atoms. The highest BCUT2D eigenvalue weighted by Gasteiger charge is 2.40. The zero-order chi connectivity index (χ0) is 18.9. The molecule has 1 N–H and O–H groups in total. The van der Waals surface area contributed by atoms with Crippen molar-refractivity contribution in [2.45, 2.75) is 24.8 Å². The second kappa shape index (κ2) is 6.97. The Labute approximate surface area is 154 Å². The van der Waals surface area contributed by atoms with Gasteiger partial charge in [-0.25, -0.2) is 4.98 Å². The van der Waals surface area contributed by atoms with Crippen molar-refractivity contribution in [2.24, 2.45) is 0 Å². The highest BCUT2D eigenvalue weighted by Crippen LogP contribution is 2.33. The summed E-state index contributed by atoms with van der Waals surface area (Å²) in [5, 5.41) is 2.92. The van der Waals surface area contributed by atoms with E-state index in [0.717, 1.165) is 25.0 Å². The van der Waals surface area contributed by atoms with Crippen LogP contribution >= 0.6 is 0 Å². The average molecular weight is 380 g/mol. The van der Waals surface area contributed by atoms with Crippen molar-refractivity contribution in [3.63, 3.8) is 0 Å². The molecule has 0 saturated carbocycles. The Morgan fingerprint density at radius 2 is 1.81 bits per heavy atom. The number of ether oxygens (including phenoxy) is 2. The molecule has 0 atom stereocenters. The molecule has 2 fully saturated rings. The van der Waals surface area contributed by atoms with Gasteiger partial charge in [-0.3, -0.25) is 0 Å². The molecule has 2 saturated heterocycles. The van der Waals surface area contributed by atoms with Gasteiger partial charge in [0.05, 0.1) is 18.8 Å². The summed E-state index contributed by atoms with van der Waals surface area (Å²) in [6, 6.07) is 6.64. The number of anilines is 3. The lowest BCUT2D eigenvalue weighted by Gasteiger charge is -2.37. The fourth-order valence-electron chi connectivity index (χ4n) is 3.32. The van der Waals surface area contributed by atoms with Gasteiger partial charge >= 0.3 is 6.18 Å². The zero-order valence-corrected chi connectivity index (χ0v) is 14.5. The van der Waals surface area contributed by atoms with Crippen molar-refractivity contribution >= 4 is 17.5 Å². The van der Waals surface area contributed by atoms with E-state index in [4.69, 9.17) is 9.47 Å². The average Bonchev–Trinajstić information content (AvgIpc) is 3.10. The van der Waals surface area contributed by atoms with E-state index in [1.165, 1.54) is 6.07 Å². The first-order chi connectivity index (χ1) is 12.9. The molecule has 144 valence electrons. The number of hydrogen-bond donors (Lipinski definition) is 1. The molecule has 0 aliphatic carbocycles. The van der Waals surface area contributed by atoms with Gasteiger partial charge in [-0.1, -0.05) is 6.07 Å². The number of nitrogens with zero attached hydrogens (tertiary/aromatic N) is 3. The summed E-state index contributed by atoms with van der Waals surface area (Å²) in [4.78, 5) is 10.8. The Hall–Kier alpha value is -2.39. The van der Waals surface area contributed by atoms with E-state index in [9.17, 15) is 13.2 Å². The van der Waals surface area contributed by atoms with Gasteiger partial charge in [0.1, 0.15) is 5.82 Å². The van der Waals surface area contributed by atoms with Gasteiger partial charge in [-0.2, -0.15) is 18.2 Å². The Morgan fingerprint density at radius 3 is 2.52 bits per heavy atom. The van der Waals surface area contributed by atoms with E-state index in [1.54, 1.807) is 18.3 Å². The molecule has 0 bridgehead atoms. The van der Waals surface area contributed by atoms with Gasteiger partial charge in [-0.15, -0.1) is 0 Å². The smallest absolute Gasteiger partial charge is 0.347 e. The lowest BCUT2D eigenvalue weighted by Crippen LogP contribution is -2.45. The predicted molar refractivity (Wildman–Crippen MR) is 92.8 cm³/mol. The first kappa shape index (κ1) is 18.0. The Morgan fingerprint density at radius 1 is 1.07 bits per heavy atom. The topological polar surface area (TPSA) is 59.5 Å². The third kappa shape index (κ3) is 3.98. The zero-order valence-electron chi connectivity index (χ0n) is 14.5. The first-order valence-corrected chi connectivity index (χ1v) is 8.74. The summed E-state index contributed by atoms with van der Waals surface area (Å²) < 4.78 is 50.0.